The summed E-state index contributed by atoms with van der Waals surface area (Å²) in [6.07, 6.45) is 0.0880. The van der Waals surface area contributed by atoms with E-state index in [4.69, 9.17) is 9.84 Å². The standard InChI is InChI=1S/C13H17NO5/c1-18-10-5-3-4-9(6-10)7-12(16)14-11(8-15)13(17)19-2/h3-6,11,15H,7-8H2,1-2H3,(H,14,16)/t11-/m0/s1. The first-order valence-corrected chi connectivity index (χ1v) is 5.71. The van der Waals surface area contributed by atoms with E-state index in [9.17, 15) is 9.59 Å². The number of carbonyl (C=O) groups excluding carboxylic acids is 2. The van der Waals surface area contributed by atoms with Crippen LogP contribution in [0.2, 0.25) is 0 Å². The number of rotatable bonds is 6. The van der Waals surface area contributed by atoms with Crippen molar-refractivity contribution < 1.29 is 24.2 Å². The highest BCUT2D eigenvalue weighted by Gasteiger charge is 2.20. The minimum atomic E-state index is -1.04. The van der Waals surface area contributed by atoms with Crippen LogP contribution in [0.25, 0.3) is 0 Å². The number of aliphatic hydroxyl groups excluding tert-OH is 1. The predicted molar refractivity (Wildman–Crippen MR) is 67.7 cm³/mol. The van der Waals surface area contributed by atoms with E-state index in [1.165, 1.54) is 14.2 Å². The topological polar surface area (TPSA) is 84.9 Å². The Morgan fingerprint density at radius 3 is 2.68 bits per heavy atom. The highest BCUT2D eigenvalue weighted by molar-refractivity contribution is 5.85. The maximum absolute atomic E-state index is 11.7. The van der Waals surface area contributed by atoms with E-state index in [0.29, 0.717) is 5.75 Å². The molecule has 0 aliphatic carbocycles. The third kappa shape index (κ3) is 4.59. The first-order valence-electron chi connectivity index (χ1n) is 5.71. The van der Waals surface area contributed by atoms with Gasteiger partial charge in [0.25, 0.3) is 0 Å². The molecule has 0 saturated heterocycles. The molecule has 0 fully saturated rings. The van der Waals surface area contributed by atoms with Crippen molar-refractivity contribution in [3.8, 4) is 5.75 Å². The van der Waals surface area contributed by atoms with Gasteiger partial charge in [-0.05, 0) is 17.7 Å². The van der Waals surface area contributed by atoms with Crippen LogP contribution in [0.4, 0.5) is 0 Å². The minimum Gasteiger partial charge on any atom is -0.497 e. The van der Waals surface area contributed by atoms with Gasteiger partial charge in [-0.2, -0.15) is 0 Å². The Bertz CT molecular complexity index is 446. The number of benzene rings is 1. The lowest BCUT2D eigenvalue weighted by atomic mass is 10.1. The van der Waals surface area contributed by atoms with E-state index in [1.807, 2.05) is 0 Å². The quantitative estimate of drug-likeness (QED) is 0.702. The van der Waals surface area contributed by atoms with Crippen molar-refractivity contribution in [2.24, 2.45) is 0 Å². The molecule has 0 aromatic heterocycles. The van der Waals surface area contributed by atoms with Crippen molar-refractivity contribution in [1.82, 2.24) is 5.32 Å². The van der Waals surface area contributed by atoms with Gasteiger partial charge in [-0.3, -0.25) is 4.79 Å². The smallest absolute Gasteiger partial charge is 0.330 e. The zero-order valence-corrected chi connectivity index (χ0v) is 10.9. The summed E-state index contributed by atoms with van der Waals surface area (Å²) in [7, 11) is 2.73. The number of methoxy groups -OCH3 is 2. The van der Waals surface area contributed by atoms with Crippen molar-refractivity contribution in [2.45, 2.75) is 12.5 Å². The van der Waals surface area contributed by atoms with Gasteiger partial charge in [0.2, 0.25) is 5.91 Å². The van der Waals surface area contributed by atoms with Gasteiger partial charge >= 0.3 is 5.97 Å². The lowest BCUT2D eigenvalue weighted by Crippen LogP contribution is -2.44. The Kier molecular flexibility index (Phi) is 5.81. The van der Waals surface area contributed by atoms with Crippen LogP contribution in [0.3, 0.4) is 0 Å². The normalized spacial score (nSPS) is 11.5. The number of ether oxygens (including phenoxy) is 2. The fraction of sp³-hybridized carbons (Fsp3) is 0.385. The van der Waals surface area contributed by atoms with Gasteiger partial charge in [0, 0.05) is 0 Å². The van der Waals surface area contributed by atoms with Crippen LogP contribution in [0.1, 0.15) is 5.56 Å². The van der Waals surface area contributed by atoms with E-state index < -0.39 is 18.6 Å². The molecule has 2 N–H and O–H groups in total. The molecule has 1 aromatic rings. The maximum Gasteiger partial charge on any atom is 0.330 e. The average Bonchev–Trinajstić information content (AvgIpc) is 2.44. The van der Waals surface area contributed by atoms with Gasteiger partial charge in [-0.1, -0.05) is 12.1 Å². The number of nitrogens with one attached hydrogen (secondary N) is 1. The lowest BCUT2D eigenvalue weighted by Gasteiger charge is -2.13. The molecule has 19 heavy (non-hydrogen) atoms. The molecule has 6 heteroatoms. The number of carbonyl (C=O) groups is 2. The molecule has 0 aliphatic rings. The predicted octanol–water partition coefficient (Wildman–Crippen LogP) is -0.112. The molecule has 0 spiro atoms. The number of aliphatic hydroxyl groups is 1. The van der Waals surface area contributed by atoms with E-state index in [1.54, 1.807) is 24.3 Å². The number of esters is 1. The third-order valence-corrected chi connectivity index (χ3v) is 2.50. The van der Waals surface area contributed by atoms with Crippen LogP contribution in [0.5, 0.6) is 5.75 Å². The molecule has 0 aliphatic heterocycles. The molecule has 0 bridgehead atoms. The van der Waals surface area contributed by atoms with Crippen molar-refractivity contribution in [3.05, 3.63) is 29.8 Å². The van der Waals surface area contributed by atoms with Crippen LogP contribution in [-0.4, -0.2) is 43.9 Å². The molecule has 0 heterocycles. The Balaban J connectivity index is 2.61. The molecule has 1 amide bonds. The second-order valence-electron chi connectivity index (χ2n) is 3.85. The number of hydrogen-bond acceptors (Lipinski definition) is 5. The summed E-state index contributed by atoms with van der Waals surface area (Å²) < 4.78 is 9.51. The van der Waals surface area contributed by atoms with Gasteiger partial charge in [0.15, 0.2) is 6.04 Å². The van der Waals surface area contributed by atoms with E-state index in [-0.39, 0.29) is 12.3 Å². The number of hydrogen-bond donors (Lipinski definition) is 2. The third-order valence-electron chi connectivity index (χ3n) is 2.50. The van der Waals surface area contributed by atoms with Crippen molar-refractivity contribution >= 4 is 11.9 Å². The molecule has 104 valence electrons. The van der Waals surface area contributed by atoms with Gasteiger partial charge in [0.05, 0.1) is 27.2 Å². The fourth-order valence-corrected chi connectivity index (χ4v) is 1.53. The first-order chi connectivity index (χ1) is 9.10. The SMILES string of the molecule is COC(=O)[C@H](CO)NC(=O)Cc1cccc(OC)c1. The molecule has 0 unspecified atom stereocenters. The molecular formula is C13H17NO5. The summed E-state index contributed by atoms with van der Waals surface area (Å²) >= 11 is 0. The van der Waals surface area contributed by atoms with Crippen molar-refractivity contribution in [1.29, 1.82) is 0 Å². The zero-order valence-electron chi connectivity index (χ0n) is 10.9. The highest BCUT2D eigenvalue weighted by atomic mass is 16.5. The molecular weight excluding hydrogens is 250 g/mol. The number of amides is 1. The average molecular weight is 267 g/mol. The second kappa shape index (κ2) is 7.38. The van der Waals surface area contributed by atoms with Crippen LogP contribution in [0.15, 0.2) is 24.3 Å². The Morgan fingerprint density at radius 2 is 2.11 bits per heavy atom. The first kappa shape index (κ1) is 15.0. The van der Waals surface area contributed by atoms with Crippen LogP contribution < -0.4 is 10.1 Å². The highest BCUT2D eigenvalue weighted by Crippen LogP contribution is 2.12. The minimum absolute atomic E-state index is 0.0880. The lowest BCUT2D eigenvalue weighted by molar-refractivity contribution is -0.146. The van der Waals surface area contributed by atoms with E-state index >= 15 is 0 Å². The summed E-state index contributed by atoms with van der Waals surface area (Å²) in [6.45, 7) is -0.503. The van der Waals surface area contributed by atoms with Crippen LogP contribution in [-0.2, 0) is 20.7 Å². The van der Waals surface area contributed by atoms with E-state index in [2.05, 4.69) is 10.1 Å². The summed E-state index contributed by atoms with van der Waals surface area (Å²) in [4.78, 5) is 22.9. The summed E-state index contributed by atoms with van der Waals surface area (Å²) in [5.74, 6) is -0.406. The molecule has 6 nitrogen and oxygen atoms in total. The maximum atomic E-state index is 11.7. The Hall–Kier alpha value is -2.08. The Morgan fingerprint density at radius 1 is 1.37 bits per heavy atom. The van der Waals surface area contributed by atoms with Crippen LogP contribution >= 0.6 is 0 Å². The molecule has 1 rings (SSSR count). The van der Waals surface area contributed by atoms with Gasteiger partial charge < -0.3 is 19.9 Å². The summed E-state index contributed by atoms with van der Waals surface area (Å²) in [6, 6.07) is 6.00. The van der Waals surface area contributed by atoms with Crippen LogP contribution in [0, 0.1) is 0 Å². The van der Waals surface area contributed by atoms with Crippen molar-refractivity contribution in [2.75, 3.05) is 20.8 Å². The molecule has 1 atom stereocenters. The summed E-state index contributed by atoms with van der Waals surface area (Å²) in [5, 5.41) is 11.4. The Labute approximate surface area is 111 Å². The largest absolute Gasteiger partial charge is 0.497 e. The van der Waals surface area contributed by atoms with Gasteiger partial charge in [-0.25, -0.2) is 4.79 Å². The van der Waals surface area contributed by atoms with Crippen molar-refractivity contribution in [3.63, 3.8) is 0 Å². The molecule has 0 radical (unpaired) electrons. The monoisotopic (exact) mass is 267 g/mol. The second-order valence-corrected chi connectivity index (χ2v) is 3.85. The van der Waals surface area contributed by atoms with Gasteiger partial charge in [-0.15, -0.1) is 0 Å². The molecule has 1 aromatic carbocycles. The van der Waals surface area contributed by atoms with Gasteiger partial charge in [0.1, 0.15) is 5.75 Å². The molecule has 0 saturated carbocycles. The summed E-state index contributed by atoms with van der Waals surface area (Å²) in [5.41, 5.74) is 0.749. The zero-order chi connectivity index (χ0) is 14.3. The van der Waals surface area contributed by atoms with E-state index in [0.717, 1.165) is 5.56 Å². The fourth-order valence-electron chi connectivity index (χ4n) is 1.53.